The fourth-order valence-corrected chi connectivity index (χ4v) is 4.66. The minimum absolute atomic E-state index is 0.118. The molecule has 2 amide bonds. The lowest BCUT2D eigenvalue weighted by atomic mass is 10.0. The highest BCUT2D eigenvalue weighted by Gasteiger charge is 2.37. The Kier molecular flexibility index (Phi) is 7.61. The number of aromatic nitrogens is 2. The SMILES string of the molecule is CCCC(CC)N1CCN(C(=O)c2nc3c(C(F)(F)F)cc(CC(C)C)cn3c2Cl)CC1=O. The molecule has 2 aromatic rings. The molecule has 0 aromatic carbocycles. The molecule has 1 unspecified atom stereocenters. The molecule has 6 nitrogen and oxygen atoms in total. The van der Waals surface area contributed by atoms with E-state index < -0.39 is 23.3 Å². The lowest BCUT2D eigenvalue weighted by Crippen LogP contribution is -2.55. The highest BCUT2D eigenvalue weighted by molar-refractivity contribution is 6.33. The second kappa shape index (κ2) is 9.91. The van der Waals surface area contributed by atoms with Crippen LogP contribution in [0.1, 0.15) is 68.6 Å². The summed E-state index contributed by atoms with van der Waals surface area (Å²) in [5.74, 6) is -0.683. The predicted octanol–water partition coefficient (Wildman–Crippen LogP) is 5.07. The summed E-state index contributed by atoms with van der Waals surface area (Å²) in [6.07, 6.45) is -0.0838. The predicted molar refractivity (Wildman–Crippen MR) is 120 cm³/mol. The lowest BCUT2D eigenvalue weighted by Gasteiger charge is -2.38. The van der Waals surface area contributed by atoms with Crippen molar-refractivity contribution in [3.8, 4) is 0 Å². The van der Waals surface area contributed by atoms with Gasteiger partial charge in [-0.25, -0.2) is 4.98 Å². The maximum atomic E-state index is 13.8. The second-order valence-corrected chi connectivity index (χ2v) is 9.33. The zero-order valence-corrected chi connectivity index (χ0v) is 20.1. The van der Waals surface area contributed by atoms with Gasteiger partial charge in [-0.3, -0.25) is 14.0 Å². The van der Waals surface area contributed by atoms with E-state index in [4.69, 9.17) is 11.6 Å². The number of fused-ring (bicyclic) bond motifs is 1. The minimum Gasteiger partial charge on any atom is -0.336 e. The van der Waals surface area contributed by atoms with Gasteiger partial charge in [-0.2, -0.15) is 13.2 Å². The number of hydrogen-bond acceptors (Lipinski definition) is 3. The van der Waals surface area contributed by atoms with E-state index in [1.54, 1.807) is 4.90 Å². The number of pyridine rings is 1. The van der Waals surface area contributed by atoms with Gasteiger partial charge in [0.25, 0.3) is 5.91 Å². The van der Waals surface area contributed by atoms with Crippen molar-refractivity contribution in [3.63, 3.8) is 0 Å². The summed E-state index contributed by atoms with van der Waals surface area (Å²) in [6.45, 7) is 8.39. The van der Waals surface area contributed by atoms with Crippen LogP contribution in [0.3, 0.4) is 0 Å². The molecule has 1 aliphatic heterocycles. The molecule has 3 heterocycles. The normalized spacial score (nSPS) is 16.2. The zero-order chi connectivity index (χ0) is 24.5. The fraction of sp³-hybridized carbons (Fsp3) is 0.609. The van der Waals surface area contributed by atoms with Gasteiger partial charge in [-0.15, -0.1) is 0 Å². The summed E-state index contributed by atoms with van der Waals surface area (Å²) < 4.78 is 42.4. The van der Waals surface area contributed by atoms with Crippen molar-refractivity contribution in [2.45, 2.75) is 65.6 Å². The Morgan fingerprint density at radius 3 is 2.48 bits per heavy atom. The summed E-state index contributed by atoms with van der Waals surface area (Å²) >= 11 is 6.37. The van der Waals surface area contributed by atoms with Crippen molar-refractivity contribution in [1.29, 1.82) is 0 Å². The maximum absolute atomic E-state index is 13.8. The average Bonchev–Trinajstić information content (AvgIpc) is 3.06. The number of imidazole rings is 1. The van der Waals surface area contributed by atoms with Crippen molar-refractivity contribution < 1.29 is 22.8 Å². The summed E-state index contributed by atoms with van der Waals surface area (Å²) in [5, 5.41) is -0.182. The van der Waals surface area contributed by atoms with E-state index in [9.17, 15) is 22.8 Å². The minimum atomic E-state index is -4.65. The molecule has 1 aliphatic rings. The number of alkyl halides is 3. The van der Waals surface area contributed by atoms with E-state index in [-0.39, 0.29) is 41.8 Å². The molecule has 2 aromatic heterocycles. The number of nitrogens with zero attached hydrogens (tertiary/aromatic N) is 4. The van der Waals surface area contributed by atoms with Gasteiger partial charge in [0.15, 0.2) is 11.3 Å². The van der Waals surface area contributed by atoms with E-state index in [0.717, 1.165) is 29.7 Å². The molecule has 0 saturated carbocycles. The number of amides is 2. The third-order valence-corrected chi connectivity index (χ3v) is 6.31. The van der Waals surface area contributed by atoms with Crippen molar-refractivity contribution in [1.82, 2.24) is 19.2 Å². The number of rotatable bonds is 7. The van der Waals surface area contributed by atoms with E-state index in [2.05, 4.69) is 11.9 Å². The molecule has 0 spiro atoms. The largest absolute Gasteiger partial charge is 0.419 e. The highest BCUT2D eigenvalue weighted by atomic mass is 35.5. The summed E-state index contributed by atoms with van der Waals surface area (Å²) in [6, 6.07) is 1.18. The van der Waals surface area contributed by atoms with Gasteiger partial charge in [-0.05, 0) is 36.8 Å². The molecule has 3 rings (SSSR count). The first-order valence-electron chi connectivity index (χ1n) is 11.3. The van der Waals surface area contributed by atoms with Crippen LogP contribution in [-0.2, 0) is 17.4 Å². The standard InChI is InChI=1S/C23H30ClF3N4O2/c1-5-7-16(6-2)30-9-8-29(13-18(30)32)22(33)19-20(24)31-12-15(10-14(3)4)11-17(21(31)28-19)23(25,26)27/h11-12,14,16H,5-10,13H2,1-4H3. The molecule has 1 saturated heterocycles. The Balaban J connectivity index is 1.93. The summed E-state index contributed by atoms with van der Waals surface area (Å²) in [4.78, 5) is 33.0. The molecule has 0 radical (unpaired) electrons. The van der Waals surface area contributed by atoms with Gasteiger partial charge in [0.2, 0.25) is 5.91 Å². The van der Waals surface area contributed by atoms with Crippen LogP contribution in [0.4, 0.5) is 13.2 Å². The monoisotopic (exact) mass is 486 g/mol. The van der Waals surface area contributed by atoms with Crippen LogP contribution in [0.15, 0.2) is 12.3 Å². The smallest absolute Gasteiger partial charge is 0.336 e. The van der Waals surface area contributed by atoms with Gasteiger partial charge >= 0.3 is 6.18 Å². The second-order valence-electron chi connectivity index (χ2n) is 8.97. The van der Waals surface area contributed by atoms with Crippen LogP contribution in [-0.4, -0.2) is 56.7 Å². The topological polar surface area (TPSA) is 57.9 Å². The van der Waals surface area contributed by atoms with Crippen molar-refractivity contribution in [2.75, 3.05) is 19.6 Å². The van der Waals surface area contributed by atoms with E-state index in [1.807, 2.05) is 20.8 Å². The molecular formula is C23H30ClF3N4O2. The summed E-state index contributed by atoms with van der Waals surface area (Å²) in [7, 11) is 0. The van der Waals surface area contributed by atoms with Gasteiger partial charge < -0.3 is 9.80 Å². The van der Waals surface area contributed by atoms with E-state index >= 15 is 0 Å². The van der Waals surface area contributed by atoms with E-state index in [1.165, 1.54) is 11.1 Å². The van der Waals surface area contributed by atoms with Crippen LogP contribution in [0.25, 0.3) is 5.65 Å². The van der Waals surface area contributed by atoms with Crippen molar-refractivity contribution >= 4 is 29.1 Å². The van der Waals surface area contributed by atoms with Crippen molar-refractivity contribution in [2.24, 2.45) is 5.92 Å². The Hall–Kier alpha value is -2.29. The molecule has 1 fully saturated rings. The number of hydrogen-bond donors (Lipinski definition) is 0. The van der Waals surface area contributed by atoms with Crippen LogP contribution in [0.2, 0.25) is 5.15 Å². The van der Waals surface area contributed by atoms with Gasteiger partial charge in [-0.1, -0.05) is 45.7 Å². The number of halogens is 4. The van der Waals surface area contributed by atoms with Gasteiger partial charge in [0.1, 0.15) is 11.7 Å². The Labute approximate surface area is 196 Å². The van der Waals surface area contributed by atoms with Crippen LogP contribution in [0.5, 0.6) is 0 Å². The zero-order valence-electron chi connectivity index (χ0n) is 19.4. The van der Waals surface area contributed by atoms with Crippen LogP contribution in [0, 0.1) is 5.92 Å². The molecule has 182 valence electrons. The quantitative estimate of drug-likeness (QED) is 0.549. The molecule has 0 N–H and O–H groups in total. The number of carbonyl (C=O) groups is 2. The molecular weight excluding hydrogens is 457 g/mol. The molecule has 10 heteroatoms. The van der Waals surface area contributed by atoms with Gasteiger partial charge in [0.05, 0.1) is 5.56 Å². The van der Waals surface area contributed by atoms with Crippen LogP contribution < -0.4 is 0 Å². The summed E-state index contributed by atoms with van der Waals surface area (Å²) in [5.41, 5.74) is -1.17. The Morgan fingerprint density at radius 2 is 1.94 bits per heavy atom. The first kappa shape index (κ1) is 25.3. The number of carbonyl (C=O) groups excluding carboxylic acids is 2. The van der Waals surface area contributed by atoms with Gasteiger partial charge in [0, 0.05) is 25.3 Å². The first-order chi connectivity index (χ1) is 15.5. The fourth-order valence-electron chi connectivity index (χ4n) is 4.41. The third kappa shape index (κ3) is 5.28. The first-order valence-corrected chi connectivity index (χ1v) is 11.7. The van der Waals surface area contributed by atoms with E-state index in [0.29, 0.717) is 18.5 Å². The Morgan fingerprint density at radius 1 is 1.24 bits per heavy atom. The maximum Gasteiger partial charge on any atom is 0.419 e. The van der Waals surface area contributed by atoms with Crippen molar-refractivity contribution in [3.05, 3.63) is 34.2 Å². The molecule has 0 bridgehead atoms. The van der Waals surface area contributed by atoms with Crippen LogP contribution >= 0.6 is 11.6 Å². The lowest BCUT2D eigenvalue weighted by molar-refractivity contribution is -0.138. The molecule has 33 heavy (non-hydrogen) atoms. The number of piperazine rings is 1. The average molecular weight is 487 g/mol. The third-order valence-electron chi connectivity index (χ3n) is 5.95. The molecule has 1 atom stereocenters. The molecule has 0 aliphatic carbocycles. The highest BCUT2D eigenvalue weighted by Crippen LogP contribution is 2.35. The Bertz CT molecular complexity index is 1030.